The summed E-state index contributed by atoms with van der Waals surface area (Å²) in [6.45, 7) is 4.72. The van der Waals surface area contributed by atoms with Gasteiger partial charge in [0.25, 0.3) is 0 Å². The largest absolute Gasteiger partial charge is 0.511 e. The van der Waals surface area contributed by atoms with Crippen LogP contribution in [0, 0.1) is 11.8 Å². The number of ketones is 3. The Morgan fingerprint density at radius 2 is 1.89 bits per heavy atom. The molecule has 0 bridgehead atoms. The molecule has 6 N–H and O–H groups in total. The van der Waals surface area contributed by atoms with Gasteiger partial charge >= 0.3 is 0 Å². The topological polar surface area (TPSA) is 182 Å². The van der Waals surface area contributed by atoms with E-state index in [1.807, 2.05) is 0 Å². The van der Waals surface area contributed by atoms with Gasteiger partial charge in [0.15, 0.2) is 23.5 Å². The van der Waals surface area contributed by atoms with Crippen LogP contribution in [-0.2, 0) is 20.7 Å². The van der Waals surface area contributed by atoms with Crippen LogP contribution >= 0.6 is 0 Å². The van der Waals surface area contributed by atoms with E-state index >= 15 is 0 Å². The zero-order chi connectivity index (χ0) is 26.7. The molecule has 0 aromatic heterocycles. The van der Waals surface area contributed by atoms with Crippen LogP contribution < -0.4 is 0 Å². The summed E-state index contributed by atoms with van der Waals surface area (Å²) in [5, 5.41) is 64.9. The van der Waals surface area contributed by atoms with Gasteiger partial charge in [0.1, 0.15) is 22.8 Å². The number of allylic oxidation sites excluding steroid dienone is 1. The number of rotatable bonds is 6. The third-order valence-corrected chi connectivity index (χ3v) is 7.71. The van der Waals surface area contributed by atoms with E-state index in [1.165, 1.54) is 0 Å². The average Bonchev–Trinajstić information content (AvgIpc) is 2.81. The fourth-order valence-electron chi connectivity index (χ4n) is 5.90. The maximum atomic E-state index is 13.7. The third kappa shape index (κ3) is 3.59. The van der Waals surface area contributed by atoms with Crippen LogP contribution in [0.4, 0.5) is 0 Å². The maximum absolute atomic E-state index is 13.7. The Kier molecular flexibility index (Phi) is 6.59. The van der Waals surface area contributed by atoms with Crippen molar-refractivity contribution < 1.29 is 49.8 Å². The zero-order valence-corrected chi connectivity index (χ0v) is 20.2. The van der Waals surface area contributed by atoms with Crippen LogP contribution in [0.1, 0.15) is 61.0 Å². The summed E-state index contributed by atoms with van der Waals surface area (Å²) in [4.78, 5) is 38.8. The molecule has 0 saturated heterocycles. The number of hydrogen-bond acceptors (Lipinski definition) is 10. The highest BCUT2D eigenvalue weighted by Gasteiger charge is 2.63. The minimum Gasteiger partial charge on any atom is -0.511 e. The minimum atomic E-state index is -2.79. The van der Waals surface area contributed by atoms with Gasteiger partial charge in [0.2, 0.25) is 5.78 Å². The number of aromatic hydroxyl groups is 1. The molecule has 6 unspecified atom stereocenters. The molecule has 10 heteroatoms. The number of phenols is 1. The van der Waals surface area contributed by atoms with Gasteiger partial charge in [0, 0.05) is 36.9 Å². The number of benzene rings is 1. The average molecular weight is 503 g/mol. The summed E-state index contributed by atoms with van der Waals surface area (Å²) < 4.78 is 5.09. The molecular weight excluding hydrogens is 472 g/mol. The summed E-state index contributed by atoms with van der Waals surface area (Å²) in [5.74, 6) is -8.00. The van der Waals surface area contributed by atoms with Crippen molar-refractivity contribution in [3.63, 3.8) is 0 Å². The highest BCUT2D eigenvalue weighted by Crippen LogP contribution is 2.55. The van der Waals surface area contributed by atoms with Crippen molar-refractivity contribution in [3.8, 4) is 5.75 Å². The first-order chi connectivity index (χ1) is 16.9. The summed E-state index contributed by atoms with van der Waals surface area (Å²) in [6, 6.07) is 3.23. The Morgan fingerprint density at radius 1 is 1.22 bits per heavy atom. The number of Topliss-reactive ketones (excluding diaryl/α,β-unsaturated/α-hetero) is 3. The van der Waals surface area contributed by atoms with Gasteiger partial charge in [-0.1, -0.05) is 19.1 Å². The number of aliphatic hydroxyl groups excluding tert-OH is 4. The molecule has 0 amide bonds. The van der Waals surface area contributed by atoms with Crippen molar-refractivity contribution >= 4 is 17.3 Å². The number of aryl methyl sites for hydroxylation is 1. The van der Waals surface area contributed by atoms with Crippen LogP contribution in [0.25, 0.3) is 0 Å². The molecule has 1 aromatic carbocycles. The first kappa shape index (κ1) is 26.0. The van der Waals surface area contributed by atoms with Crippen LogP contribution in [0.2, 0.25) is 0 Å². The lowest BCUT2D eigenvalue weighted by Gasteiger charge is -2.50. The van der Waals surface area contributed by atoms with E-state index in [0.717, 1.165) is 6.92 Å². The zero-order valence-electron chi connectivity index (χ0n) is 20.2. The smallest absolute Gasteiger partial charge is 0.209 e. The first-order valence-electron chi connectivity index (χ1n) is 11.9. The fraction of sp³-hybridized carbons (Fsp3) is 0.500. The lowest BCUT2D eigenvalue weighted by molar-refractivity contribution is -0.154. The van der Waals surface area contributed by atoms with E-state index < -0.39 is 82.2 Å². The molecule has 4 rings (SSSR count). The number of carbonyl (C=O) groups is 3. The predicted molar refractivity (Wildman–Crippen MR) is 124 cm³/mol. The first-order valence-corrected chi connectivity index (χ1v) is 11.9. The van der Waals surface area contributed by atoms with E-state index in [1.54, 1.807) is 26.0 Å². The van der Waals surface area contributed by atoms with Crippen molar-refractivity contribution in [1.29, 1.82) is 0 Å². The summed E-state index contributed by atoms with van der Waals surface area (Å²) in [5.41, 5.74) is -3.28. The Bertz CT molecular complexity index is 1210. The van der Waals surface area contributed by atoms with E-state index in [9.17, 15) is 45.0 Å². The Labute approximate surface area is 207 Å². The van der Waals surface area contributed by atoms with Gasteiger partial charge in [-0.15, -0.1) is 0 Å². The van der Waals surface area contributed by atoms with Crippen LogP contribution in [0.3, 0.4) is 0 Å². The summed E-state index contributed by atoms with van der Waals surface area (Å²) in [7, 11) is 0. The van der Waals surface area contributed by atoms with Crippen molar-refractivity contribution in [2.45, 2.75) is 63.9 Å². The number of phenolic OH excluding ortho intramolecular Hbond substituents is 1. The van der Waals surface area contributed by atoms with Crippen molar-refractivity contribution in [2.24, 2.45) is 11.8 Å². The third-order valence-electron chi connectivity index (χ3n) is 7.71. The molecule has 1 aromatic rings. The van der Waals surface area contributed by atoms with E-state index in [4.69, 9.17) is 4.74 Å². The number of fused-ring (bicyclic) bond motifs is 3. The monoisotopic (exact) mass is 502 g/mol. The van der Waals surface area contributed by atoms with Gasteiger partial charge in [0.05, 0.1) is 11.7 Å². The van der Waals surface area contributed by atoms with Gasteiger partial charge in [-0.3, -0.25) is 14.4 Å². The molecule has 10 nitrogen and oxygen atoms in total. The standard InChI is InChI=1S/C26H30O10/c1-4-36-16(29)8-6-12-5-7-13-10(2)17-20(23(32)19(13)21(12)30)25(34)26(35)14(22(17)31)9-15(28)18(11(3)27)24(26)33/h5,7,10,14,16-17,22,28-31,34-35H,4,6,8-9H2,1-3H3. The molecule has 0 saturated carbocycles. The lowest BCUT2D eigenvalue weighted by atomic mass is 9.56. The molecule has 0 aliphatic heterocycles. The SMILES string of the molecule is CCOC(O)CCc1ccc2c(c1O)C(=O)C1=C(O)C3(O)C(=O)C(C(C)=O)=C(O)CC3C(O)C1C2C. The van der Waals surface area contributed by atoms with Crippen molar-refractivity contribution in [2.75, 3.05) is 6.61 Å². The van der Waals surface area contributed by atoms with Crippen LogP contribution in [-0.4, -0.2) is 72.6 Å². The number of carbonyl (C=O) groups excluding carboxylic acids is 3. The second-order valence-corrected chi connectivity index (χ2v) is 9.67. The Balaban J connectivity index is 1.84. The lowest BCUT2D eigenvalue weighted by Crippen LogP contribution is -2.62. The molecule has 3 aliphatic carbocycles. The van der Waals surface area contributed by atoms with E-state index in [-0.39, 0.29) is 24.2 Å². The highest BCUT2D eigenvalue weighted by atomic mass is 16.6. The number of hydrogen-bond donors (Lipinski definition) is 6. The molecule has 0 fully saturated rings. The summed E-state index contributed by atoms with van der Waals surface area (Å²) in [6.07, 6.45) is -2.72. The van der Waals surface area contributed by atoms with Crippen LogP contribution in [0.15, 0.2) is 34.8 Å². The van der Waals surface area contributed by atoms with Crippen molar-refractivity contribution in [1.82, 2.24) is 0 Å². The Morgan fingerprint density at radius 3 is 2.50 bits per heavy atom. The quantitative estimate of drug-likeness (QED) is 0.246. The molecule has 0 heterocycles. The number of ether oxygens (including phenoxy) is 1. The molecule has 36 heavy (non-hydrogen) atoms. The van der Waals surface area contributed by atoms with Gasteiger partial charge in [-0.2, -0.15) is 0 Å². The van der Waals surface area contributed by atoms with E-state index in [2.05, 4.69) is 0 Å². The molecule has 0 spiro atoms. The predicted octanol–water partition coefficient (Wildman–Crippen LogP) is 1.50. The van der Waals surface area contributed by atoms with Crippen LogP contribution in [0.5, 0.6) is 5.75 Å². The highest BCUT2D eigenvalue weighted by molar-refractivity contribution is 6.25. The fourth-order valence-corrected chi connectivity index (χ4v) is 5.90. The summed E-state index contributed by atoms with van der Waals surface area (Å²) >= 11 is 0. The number of aliphatic hydroxyl groups is 5. The van der Waals surface area contributed by atoms with Gasteiger partial charge in [-0.25, -0.2) is 0 Å². The molecule has 6 atom stereocenters. The second kappa shape index (κ2) is 9.11. The van der Waals surface area contributed by atoms with Crippen molar-refractivity contribution in [3.05, 3.63) is 51.5 Å². The molecule has 194 valence electrons. The van der Waals surface area contributed by atoms with Gasteiger partial charge in [-0.05, 0) is 37.3 Å². The minimum absolute atomic E-state index is 0.133. The molecular formula is C26H30O10. The van der Waals surface area contributed by atoms with E-state index in [0.29, 0.717) is 17.7 Å². The normalized spacial score (nSPS) is 30.6. The van der Waals surface area contributed by atoms with Gasteiger partial charge < -0.3 is 35.4 Å². The molecule has 0 radical (unpaired) electrons. The molecule has 3 aliphatic rings. The maximum Gasteiger partial charge on any atom is 0.209 e. The Hall–Kier alpha value is -3.05. The second-order valence-electron chi connectivity index (χ2n) is 9.67.